The van der Waals surface area contributed by atoms with Crippen molar-refractivity contribution in [1.29, 1.82) is 0 Å². The number of carbonyl (C=O) groups is 4. The molecule has 0 bridgehead atoms. The number of amides is 3. The molecule has 0 aromatic heterocycles. The Kier molecular flexibility index (Phi) is 6.73. The van der Waals surface area contributed by atoms with Crippen molar-refractivity contribution in [2.75, 3.05) is 19.7 Å². The average molecular weight is 394 g/mol. The van der Waals surface area contributed by atoms with Crippen LogP contribution in [0.1, 0.15) is 27.9 Å². The lowest BCUT2D eigenvalue weighted by Crippen LogP contribution is -2.43. The van der Waals surface area contributed by atoms with E-state index in [0.717, 1.165) is 10.5 Å². The summed E-state index contributed by atoms with van der Waals surface area (Å²) in [6.07, 6.45) is 0.652. The van der Waals surface area contributed by atoms with Gasteiger partial charge in [0, 0.05) is 18.7 Å². The van der Waals surface area contributed by atoms with E-state index in [1.54, 1.807) is 24.3 Å². The molecule has 29 heavy (non-hydrogen) atoms. The zero-order valence-electron chi connectivity index (χ0n) is 15.9. The first-order chi connectivity index (χ1) is 14.0. The lowest BCUT2D eigenvalue weighted by molar-refractivity contribution is -0.149. The van der Waals surface area contributed by atoms with Gasteiger partial charge < -0.3 is 10.1 Å². The van der Waals surface area contributed by atoms with E-state index in [1.807, 2.05) is 30.3 Å². The largest absolute Gasteiger partial charge is 0.456 e. The minimum absolute atomic E-state index is 0.0690. The Morgan fingerprint density at radius 1 is 1.00 bits per heavy atom. The Labute approximate surface area is 168 Å². The van der Waals surface area contributed by atoms with Gasteiger partial charge in [-0.2, -0.15) is 0 Å². The van der Waals surface area contributed by atoms with Gasteiger partial charge in [-0.25, -0.2) is 0 Å². The minimum atomic E-state index is -0.636. The molecule has 0 unspecified atom stereocenters. The van der Waals surface area contributed by atoms with Gasteiger partial charge in [-0.15, -0.1) is 0 Å². The number of nitrogens with zero attached hydrogens (tertiary/aromatic N) is 1. The highest BCUT2D eigenvalue weighted by atomic mass is 16.5. The van der Waals surface area contributed by atoms with E-state index in [1.165, 1.54) is 0 Å². The summed E-state index contributed by atoms with van der Waals surface area (Å²) in [5, 5.41) is 2.68. The quantitative estimate of drug-likeness (QED) is 0.541. The highest BCUT2D eigenvalue weighted by Crippen LogP contribution is 2.19. The lowest BCUT2D eigenvalue weighted by atomic mass is 9.98. The van der Waals surface area contributed by atoms with Gasteiger partial charge in [-0.05, 0) is 23.6 Å². The van der Waals surface area contributed by atoms with Gasteiger partial charge in [-0.3, -0.25) is 24.1 Å². The molecule has 1 aliphatic rings. The molecule has 1 heterocycles. The normalized spacial score (nSPS) is 13.0. The predicted molar refractivity (Wildman–Crippen MR) is 105 cm³/mol. The van der Waals surface area contributed by atoms with E-state index in [2.05, 4.69) is 5.32 Å². The summed E-state index contributed by atoms with van der Waals surface area (Å²) in [6.45, 7) is -0.0185. The first-order valence-electron chi connectivity index (χ1n) is 9.43. The molecule has 0 aliphatic carbocycles. The zero-order valence-corrected chi connectivity index (χ0v) is 15.9. The van der Waals surface area contributed by atoms with Gasteiger partial charge in [0.2, 0.25) is 5.91 Å². The van der Waals surface area contributed by atoms with Crippen LogP contribution in [0.4, 0.5) is 0 Å². The fourth-order valence-electron chi connectivity index (χ4n) is 3.09. The van der Waals surface area contributed by atoms with Crippen molar-refractivity contribution in [2.45, 2.75) is 19.3 Å². The average Bonchev–Trinajstić information content (AvgIpc) is 2.73. The number of ether oxygens (including phenoxy) is 1. The number of benzene rings is 2. The third kappa shape index (κ3) is 5.51. The van der Waals surface area contributed by atoms with Crippen molar-refractivity contribution in [3.8, 4) is 0 Å². The van der Waals surface area contributed by atoms with Crippen LogP contribution in [0.25, 0.3) is 0 Å². The van der Waals surface area contributed by atoms with E-state index in [-0.39, 0.29) is 25.3 Å². The number of fused-ring (bicyclic) bond motifs is 1. The van der Waals surface area contributed by atoms with Crippen LogP contribution in [0, 0.1) is 0 Å². The molecule has 7 heteroatoms. The van der Waals surface area contributed by atoms with Crippen LogP contribution in [-0.4, -0.2) is 48.3 Å². The van der Waals surface area contributed by atoms with Gasteiger partial charge in [0.25, 0.3) is 11.8 Å². The van der Waals surface area contributed by atoms with Crippen LogP contribution >= 0.6 is 0 Å². The first-order valence-corrected chi connectivity index (χ1v) is 9.43. The van der Waals surface area contributed by atoms with E-state index in [4.69, 9.17) is 4.74 Å². The molecule has 0 atom stereocenters. The Bertz CT molecular complexity index is 910. The maximum Gasteiger partial charge on any atom is 0.308 e. The highest BCUT2D eigenvalue weighted by Gasteiger charge is 2.30. The van der Waals surface area contributed by atoms with Crippen molar-refractivity contribution >= 4 is 23.7 Å². The molecule has 1 aliphatic heterocycles. The van der Waals surface area contributed by atoms with Crippen LogP contribution in [0.2, 0.25) is 0 Å². The molecular weight excluding hydrogens is 372 g/mol. The second-order valence-corrected chi connectivity index (χ2v) is 6.68. The highest BCUT2D eigenvalue weighted by molar-refractivity contribution is 6.09. The van der Waals surface area contributed by atoms with Gasteiger partial charge in [-0.1, -0.05) is 48.5 Å². The standard InChI is InChI=1S/C22H22N2O5/c25-19(23-12-10-16-6-2-1-3-7-16)15-29-21(27)11-13-24-20(26)14-17-8-4-5-9-18(17)22(24)28/h1-9H,10-15H2,(H,23,25). The molecular formula is C22H22N2O5. The second-order valence-electron chi connectivity index (χ2n) is 6.68. The molecule has 2 aromatic carbocycles. The van der Waals surface area contributed by atoms with Crippen molar-refractivity contribution in [3.63, 3.8) is 0 Å². The number of rotatable bonds is 8. The molecule has 0 spiro atoms. The van der Waals surface area contributed by atoms with E-state index in [9.17, 15) is 19.2 Å². The molecule has 0 saturated heterocycles. The molecule has 7 nitrogen and oxygen atoms in total. The number of esters is 1. The van der Waals surface area contributed by atoms with Crippen LogP contribution in [0.15, 0.2) is 54.6 Å². The molecule has 0 radical (unpaired) electrons. The number of nitrogens with one attached hydrogen (secondary N) is 1. The van der Waals surface area contributed by atoms with E-state index in [0.29, 0.717) is 24.1 Å². The lowest BCUT2D eigenvalue weighted by Gasteiger charge is -2.26. The SMILES string of the molecule is O=C(COC(=O)CCN1C(=O)Cc2ccccc2C1=O)NCCc1ccccc1. The topological polar surface area (TPSA) is 92.8 Å². The summed E-state index contributed by atoms with van der Waals surface area (Å²) in [7, 11) is 0. The number of hydrogen-bond acceptors (Lipinski definition) is 5. The summed E-state index contributed by atoms with van der Waals surface area (Å²) < 4.78 is 4.94. The van der Waals surface area contributed by atoms with Crippen LogP contribution in [-0.2, 0) is 32.0 Å². The summed E-state index contributed by atoms with van der Waals surface area (Å²) in [5.74, 6) is -1.79. The van der Waals surface area contributed by atoms with Crippen molar-refractivity contribution in [3.05, 3.63) is 71.3 Å². The molecule has 1 N–H and O–H groups in total. The van der Waals surface area contributed by atoms with Crippen molar-refractivity contribution < 1.29 is 23.9 Å². The maximum atomic E-state index is 12.4. The smallest absolute Gasteiger partial charge is 0.308 e. The second kappa shape index (κ2) is 9.64. The van der Waals surface area contributed by atoms with Crippen molar-refractivity contribution in [2.24, 2.45) is 0 Å². The molecule has 0 fully saturated rings. The monoisotopic (exact) mass is 394 g/mol. The number of carbonyl (C=O) groups excluding carboxylic acids is 4. The van der Waals surface area contributed by atoms with E-state index >= 15 is 0 Å². The minimum Gasteiger partial charge on any atom is -0.456 e. The van der Waals surface area contributed by atoms with E-state index < -0.39 is 24.4 Å². The number of hydrogen-bond donors (Lipinski definition) is 1. The van der Waals surface area contributed by atoms with Gasteiger partial charge in [0.15, 0.2) is 6.61 Å². The molecule has 2 aromatic rings. The molecule has 150 valence electrons. The summed E-state index contributed by atoms with van der Waals surface area (Å²) >= 11 is 0. The summed E-state index contributed by atoms with van der Waals surface area (Å²) in [4.78, 5) is 49.3. The van der Waals surface area contributed by atoms with Crippen LogP contribution in [0.3, 0.4) is 0 Å². The zero-order chi connectivity index (χ0) is 20.6. The van der Waals surface area contributed by atoms with Crippen molar-refractivity contribution in [1.82, 2.24) is 10.2 Å². The third-order valence-corrected chi connectivity index (χ3v) is 4.62. The summed E-state index contributed by atoms with van der Waals surface area (Å²) in [6, 6.07) is 16.6. The Morgan fingerprint density at radius 3 is 2.52 bits per heavy atom. The Hall–Kier alpha value is -3.48. The van der Waals surface area contributed by atoms with Crippen LogP contribution < -0.4 is 5.32 Å². The van der Waals surface area contributed by atoms with Gasteiger partial charge in [0.1, 0.15) is 0 Å². The molecule has 0 saturated carbocycles. The van der Waals surface area contributed by atoms with Crippen LogP contribution in [0.5, 0.6) is 0 Å². The summed E-state index contributed by atoms with van der Waals surface area (Å²) in [5.41, 5.74) is 2.26. The van der Waals surface area contributed by atoms with Gasteiger partial charge in [0.05, 0.1) is 12.8 Å². The first kappa shape index (κ1) is 20.3. The van der Waals surface area contributed by atoms with Gasteiger partial charge >= 0.3 is 5.97 Å². The third-order valence-electron chi connectivity index (χ3n) is 4.62. The maximum absolute atomic E-state index is 12.4. The molecule has 3 rings (SSSR count). The fourth-order valence-corrected chi connectivity index (χ4v) is 3.09. The number of imide groups is 1. The fraction of sp³-hybridized carbons (Fsp3) is 0.273. The molecule has 3 amide bonds. The Balaban J connectivity index is 1.38. The Morgan fingerprint density at radius 2 is 1.72 bits per heavy atom. The predicted octanol–water partition coefficient (Wildman–Crippen LogP) is 1.50.